The lowest BCUT2D eigenvalue weighted by atomic mass is 9.63. The molecule has 0 heterocycles. The van der Waals surface area contributed by atoms with E-state index in [9.17, 15) is 0 Å². The van der Waals surface area contributed by atoms with Gasteiger partial charge in [0.1, 0.15) is 0 Å². The van der Waals surface area contributed by atoms with Crippen molar-refractivity contribution < 1.29 is 0 Å². The van der Waals surface area contributed by atoms with E-state index in [1.54, 1.807) is 0 Å². The minimum atomic E-state index is 0.137. The van der Waals surface area contributed by atoms with Crippen molar-refractivity contribution in [3.63, 3.8) is 0 Å². The summed E-state index contributed by atoms with van der Waals surface area (Å²) in [6.07, 6.45) is 2.40. The Bertz CT molecular complexity index is 2270. The Morgan fingerprint density at radius 2 is 0.820 bits per heavy atom. The number of hydrogen-bond acceptors (Lipinski definition) is 2. The smallest absolute Gasteiger partial charge is 0.0468 e. The summed E-state index contributed by atoms with van der Waals surface area (Å²) in [5.41, 5.74) is 12.5. The van der Waals surface area contributed by atoms with Crippen LogP contribution in [0, 0.1) is 0 Å². The molecule has 2 nitrogen and oxygen atoms in total. The van der Waals surface area contributed by atoms with Crippen molar-refractivity contribution in [2.24, 2.45) is 0 Å². The fraction of sp³-hybridized carbons (Fsp3) is 0.167. The molecule has 0 radical (unpaired) electrons. The van der Waals surface area contributed by atoms with Crippen LogP contribution in [0.2, 0.25) is 0 Å². The molecule has 0 saturated heterocycles. The zero-order valence-electron chi connectivity index (χ0n) is 29.5. The first-order valence-electron chi connectivity index (χ1n) is 17.8. The Balaban J connectivity index is 1.17. The Morgan fingerprint density at radius 3 is 1.50 bits per heavy atom. The quantitative estimate of drug-likeness (QED) is 0.170. The zero-order valence-corrected chi connectivity index (χ0v) is 29.5. The predicted octanol–water partition coefficient (Wildman–Crippen LogP) is 13.8. The van der Waals surface area contributed by atoms with Crippen molar-refractivity contribution in [2.45, 2.75) is 51.4 Å². The summed E-state index contributed by atoms with van der Waals surface area (Å²) in [6.45, 7) is 9.59. The minimum Gasteiger partial charge on any atom is -0.310 e. The number of nitrogens with zero attached hydrogens (tertiary/aromatic N) is 2. The van der Waals surface area contributed by atoms with Crippen LogP contribution in [-0.4, -0.2) is 0 Å². The molecule has 8 rings (SSSR count). The molecule has 1 aliphatic carbocycles. The monoisotopic (exact) mass is 648 g/mol. The van der Waals surface area contributed by atoms with E-state index >= 15 is 0 Å². The average molecular weight is 649 g/mol. The van der Waals surface area contributed by atoms with Crippen molar-refractivity contribution in [2.75, 3.05) is 9.80 Å². The van der Waals surface area contributed by atoms with Gasteiger partial charge in [-0.15, -0.1) is 0 Å². The summed E-state index contributed by atoms with van der Waals surface area (Å²) < 4.78 is 0. The molecule has 0 aromatic heterocycles. The van der Waals surface area contributed by atoms with Crippen LogP contribution in [-0.2, 0) is 10.8 Å². The predicted molar refractivity (Wildman–Crippen MR) is 214 cm³/mol. The highest BCUT2D eigenvalue weighted by Gasteiger charge is 2.37. The molecule has 0 unspecified atom stereocenters. The van der Waals surface area contributed by atoms with Gasteiger partial charge in [-0.1, -0.05) is 125 Å². The minimum absolute atomic E-state index is 0.137. The Labute approximate surface area is 297 Å². The van der Waals surface area contributed by atoms with E-state index in [0.29, 0.717) is 0 Å². The first-order valence-corrected chi connectivity index (χ1v) is 17.8. The van der Waals surface area contributed by atoms with E-state index in [1.807, 2.05) is 0 Å². The molecule has 50 heavy (non-hydrogen) atoms. The standard InChI is InChI=1S/C48H44N2/c1-47(2)30-31-48(3,4)46-34-44(28-29-45(46)47)49(39-17-7-5-8-18-39)41-25-22-36(23-26-41)38-16-13-21-42(32-38)50(40-19-9-6-10-20-40)43-27-24-35-14-11-12-15-37(35)33-43/h5-29,32-34H,30-31H2,1-4H3. The van der Waals surface area contributed by atoms with Gasteiger partial charge in [-0.05, 0) is 129 Å². The van der Waals surface area contributed by atoms with Crippen LogP contribution in [0.5, 0.6) is 0 Å². The molecule has 1 aliphatic rings. The van der Waals surface area contributed by atoms with Gasteiger partial charge in [0.2, 0.25) is 0 Å². The molecule has 246 valence electrons. The normalized spacial score (nSPS) is 14.6. The van der Waals surface area contributed by atoms with Gasteiger partial charge in [0.15, 0.2) is 0 Å². The molecule has 7 aromatic carbocycles. The van der Waals surface area contributed by atoms with Gasteiger partial charge in [0.25, 0.3) is 0 Å². The van der Waals surface area contributed by atoms with E-state index in [0.717, 1.165) is 28.4 Å². The summed E-state index contributed by atoms with van der Waals surface area (Å²) >= 11 is 0. The van der Waals surface area contributed by atoms with Crippen LogP contribution < -0.4 is 9.80 Å². The second kappa shape index (κ2) is 12.7. The first-order chi connectivity index (χ1) is 24.3. The molecule has 0 aliphatic heterocycles. The van der Waals surface area contributed by atoms with E-state index < -0.39 is 0 Å². The Hall–Kier alpha value is -5.60. The summed E-state index contributed by atoms with van der Waals surface area (Å²) in [5, 5.41) is 2.47. The van der Waals surface area contributed by atoms with E-state index in [2.05, 4.69) is 207 Å². The molecule has 0 amide bonds. The Kier molecular flexibility index (Phi) is 8.04. The molecule has 0 fully saturated rings. The maximum Gasteiger partial charge on any atom is 0.0468 e. The molecule has 2 heteroatoms. The van der Waals surface area contributed by atoms with E-state index in [-0.39, 0.29) is 10.8 Å². The van der Waals surface area contributed by atoms with Gasteiger partial charge in [0.05, 0.1) is 0 Å². The third kappa shape index (κ3) is 5.96. The second-order valence-electron chi connectivity index (χ2n) is 15.0. The van der Waals surface area contributed by atoms with Gasteiger partial charge >= 0.3 is 0 Å². The SMILES string of the molecule is CC1(C)CCC(C)(C)c2cc(N(c3ccccc3)c3ccc(-c4cccc(N(c5ccccc5)c5ccc6ccccc6c5)c4)cc3)ccc21. The first kappa shape index (κ1) is 31.7. The lowest BCUT2D eigenvalue weighted by Gasteiger charge is -2.42. The van der Waals surface area contributed by atoms with Crippen LogP contribution in [0.1, 0.15) is 51.7 Å². The van der Waals surface area contributed by atoms with Crippen LogP contribution in [0.3, 0.4) is 0 Å². The van der Waals surface area contributed by atoms with Crippen LogP contribution >= 0.6 is 0 Å². The molecule has 0 atom stereocenters. The maximum atomic E-state index is 2.45. The number of benzene rings is 7. The van der Waals surface area contributed by atoms with Gasteiger partial charge < -0.3 is 9.80 Å². The highest BCUT2D eigenvalue weighted by Crippen LogP contribution is 2.48. The number of fused-ring (bicyclic) bond motifs is 2. The van der Waals surface area contributed by atoms with Gasteiger partial charge in [-0.3, -0.25) is 0 Å². The lowest BCUT2D eigenvalue weighted by Crippen LogP contribution is -2.34. The topological polar surface area (TPSA) is 6.48 Å². The molecule has 0 spiro atoms. The van der Waals surface area contributed by atoms with Gasteiger partial charge in [-0.25, -0.2) is 0 Å². The van der Waals surface area contributed by atoms with Gasteiger partial charge in [-0.2, -0.15) is 0 Å². The summed E-state index contributed by atoms with van der Waals surface area (Å²) in [4.78, 5) is 4.75. The third-order valence-corrected chi connectivity index (χ3v) is 10.7. The second-order valence-corrected chi connectivity index (χ2v) is 15.0. The van der Waals surface area contributed by atoms with Crippen LogP contribution in [0.4, 0.5) is 34.1 Å². The maximum absolute atomic E-state index is 2.45. The molecular weight excluding hydrogens is 605 g/mol. The summed E-state index contributed by atoms with van der Waals surface area (Å²) in [7, 11) is 0. The fourth-order valence-electron chi connectivity index (χ4n) is 7.71. The highest BCUT2D eigenvalue weighted by molar-refractivity contribution is 5.90. The van der Waals surface area contributed by atoms with Crippen molar-refractivity contribution in [1.29, 1.82) is 0 Å². The van der Waals surface area contributed by atoms with Crippen LogP contribution in [0.25, 0.3) is 21.9 Å². The van der Waals surface area contributed by atoms with Crippen molar-refractivity contribution in [1.82, 2.24) is 0 Å². The average Bonchev–Trinajstić information content (AvgIpc) is 3.15. The number of para-hydroxylation sites is 2. The zero-order chi connectivity index (χ0) is 34.3. The van der Waals surface area contributed by atoms with Crippen LogP contribution in [0.15, 0.2) is 170 Å². The van der Waals surface area contributed by atoms with E-state index in [4.69, 9.17) is 0 Å². The fourth-order valence-corrected chi connectivity index (χ4v) is 7.71. The third-order valence-electron chi connectivity index (χ3n) is 10.7. The van der Waals surface area contributed by atoms with Crippen molar-refractivity contribution in [3.8, 4) is 11.1 Å². The summed E-state index contributed by atoms with van der Waals surface area (Å²) in [6, 6.07) is 61.8. The largest absolute Gasteiger partial charge is 0.310 e. The number of anilines is 6. The molecule has 0 bridgehead atoms. The highest BCUT2D eigenvalue weighted by atomic mass is 15.1. The van der Waals surface area contributed by atoms with Crippen molar-refractivity contribution in [3.05, 3.63) is 181 Å². The Morgan fingerprint density at radius 1 is 0.340 bits per heavy atom. The number of rotatable bonds is 7. The molecule has 0 saturated carbocycles. The molecule has 7 aromatic rings. The lowest BCUT2D eigenvalue weighted by molar-refractivity contribution is 0.332. The van der Waals surface area contributed by atoms with E-state index in [1.165, 1.54) is 51.6 Å². The summed E-state index contributed by atoms with van der Waals surface area (Å²) in [5.74, 6) is 0. The number of hydrogen-bond donors (Lipinski definition) is 0. The molecule has 0 N–H and O–H groups in total. The van der Waals surface area contributed by atoms with Gasteiger partial charge in [0, 0.05) is 34.1 Å². The van der Waals surface area contributed by atoms with Crippen molar-refractivity contribution >= 4 is 44.9 Å². The molecular formula is C48H44N2.